The van der Waals surface area contributed by atoms with Crippen LogP contribution in [0, 0.1) is 0 Å². The summed E-state index contributed by atoms with van der Waals surface area (Å²) in [5.41, 5.74) is -1.43. The molecule has 1 aromatic heterocycles. The van der Waals surface area contributed by atoms with Crippen molar-refractivity contribution in [1.82, 2.24) is 9.97 Å². The topological polar surface area (TPSA) is 89.4 Å². The SMILES string of the molecule is O=C(O)c1ccnc(C(=O)Oc2cccc(C(F)(F)F)c2)n1. The van der Waals surface area contributed by atoms with Crippen molar-refractivity contribution in [2.75, 3.05) is 0 Å². The Labute approximate surface area is 121 Å². The van der Waals surface area contributed by atoms with Crippen molar-refractivity contribution < 1.29 is 32.6 Å². The van der Waals surface area contributed by atoms with Crippen LogP contribution in [0.15, 0.2) is 36.5 Å². The predicted molar refractivity (Wildman–Crippen MR) is 65.4 cm³/mol. The maximum atomic E-state index is 12.5. The molecule has 0 spiro atoms. The summed E-state index contributed by atoms with van der Waals surface area (Å²) in [6.45, 7) is 0. The highest BCUT2D eigenvalue weighted by Gasteiger charge is 2.30. The minimum Gasteiger partial charge on any atom is -0.477 e. The lowest BCUT2D eigenvalue weighted by Gasteiger charge is -2.08. The van der Waals surface area contributed by atoms with Crippen molar-refractivity contribution in [2.24, 2.45) is 0 Å². The molecule has 2 rings (SSSR count). The lowest BCUT2D eigenvalue weighted by atomic mass is 10.2. The third-order valence-electron chi connectivity index (χ3n) is 2.43. The highest BCUT2D eigenvalue weighted by atomic mass is 19.4. The zero-order valence-corrected chi connectivity index (χ0v) is 10.7. The second kappa shape index (κ2) is 5.80. The Balaban J connectivity index is 2.22. The van der Waals surface area contributed by atoms with E-state index in [-0.39, 0.29) is 5.75 Å². The number of rotatable bonds is 3. The average Bonchev–Trinajstić information content (AvgIpc) is 2.46. The second-order valence-electron chi connectivity index (χ2n) is 3.99. The maximum Gasteiger partial charge on any atom is 0.416 e. The Morgan fingerprint density at radius 2 is 1.91 bits per heavy atom. The average molecular weight is 312 g/mol. The summed E-state index contributed by atoms with van der Waals surface area (Å²) >= 11 is 0. The number of carbonyl (C=O) groups is 2. The molecule has 0 amide bonds. The van der Waals surface area contributed by atoms with Gasteiger partial charge in [-0.3, -0.25) is 0 Å². The monoisotopic (exact) mass is 312 g/mol. The van der Waals surface area contributed by atoms with E-state index in [9.17, 15) is 22.8 Å². The number of benzene rings is 1. The summed E-state index contributed by atoms with van der Waals surface area (Å²) in [7, 11) is 0. The molecule has 22 heavy (non-hydrogen) atoms. The molecule has 0 saturated carbocycles. The van der Waals surface area contributed by atoms with Gasteiger partial charge in [0.05, 0.1) is 5.56 Å². The lowest BCUT2D eigenvalue weighted by molar-refractivity contribution is -0.137. The molecule has 0 aliphatic heterocycles. The van der Waals surface area contributed by atoms with E-state index in [1.165, 1.54) is 0 Å². The lowest BCUT2D eigenvalue weighted by Crippen LogP contribution is -2.15. The number of aromatic carboxylic acids is 1. The zero-order valence-electron chi connectivity index (χ0n) is 10.7. The fourth-order valence-corrected chi connectivity index (χ4v) is 1.46. The van der Waals surface area contributed by atoms with Crippen LogP contribution in [0.25, 0.3) is 0 Å². The first-order chi connectivity index (χ1) is 10.3. The number of alkyl halides is 3. The van der Waals surface area contributed by atoms with Crippen molar-refractivity contribution in [3.63, 3.8) is 0 Å². The van der Waals surface area contributed by atoms with E-state index in [4.69, 9.17) is 9.84 Å². The van der Waals surface area contributed by atoms with Crippen LogP contribution in [0.5, 0.6) is 5.75 Å². The first kappa shape index (κ1) is 15.4. The summed E-state index contributed by atoms with van der Waals surface area (Å²) < 4.78 is 42.3. The Kier molecular flexibility index (Phi) is 4.06. The molecule has 1 heterocycles. The van der Waals surface area contributed by atoms with Crippen molar-refractivity contribution in [2.45, 2.75) is 6.18 Å². The van der Waals surface area contributed by atoms with Crippen molar-refractivity contribution in [1.29, 1.82) is 0 Å². The highest BCUT2D eigenvalue weighted by Crippen LogP contribution is 2.31. The van der Waals surface area contributed by atoms with Crippen molar-refractivity contribution in [3.05, 3.63) is 53.6 Å². The van der Waals surface area contributed by atoms with Gasteiger partial charge in [-0.05, 0) is 24.3 Å². The van der Waals surface area contributed by atoms with Crippen LogP contribution in [-0.2, 0) is 6.18 Å². The molecule has 0 unspecified atom stereocenters. The van der Waals surface area contributed by atoms with Gasteiger partial charge in [0.1, 0.15) is 5.75 Å². The van der Waals surface area contributed by atoms with Gasteiger partial charge in [0.15, 0.2) is 5.69 Å². The number of hydrogen-bond acceptors (Lipinski definition) is 5. The van der Waals surface area contributed by atoms with Crippen molar-refractivity contribution >= 4 is 11.9 Å². The molecular formula is C13H7F3N2O4. The molecule has 1 N–H and O–H groups in total. The number of carboxylic acids is 1. The summed E-state index contributed by atoms with van der Waals surface area (Å²) in [5.74, 6) is -3.47. The molecule has 6 nitrogen and oxygen atoms in total. The fourth-order valence-electron chi connectivity index (χ4n) is 1.46. The van der Waals surface area contributed by atoms with Gasteiger partial charge in [0, 0.05) is 6.20 Å². The van der Waals surface area contributed by atoms with Crippen LogP contribution in [0.4, 0.5) is 13.2 Å². The largest absolute Gasteiger partial charge is 0.477 e. The molecule has 1 aromatic carbocycles. The first-order valence-electron chi connectivity index (χ1n) is 5.73. The van der Waals surface area contributed by atoms with Gasteiger partial charge in [-0.15, -0.1) is 0 Å². The van der Waals surface area contributed by atoms with Gasteiger partial charge in [-0.1, -0.05) is 6.07 Å². The molecule has 0 aliphatic carbocycles. The molecule has 0 fully saturated rings. The van der Waals surface area contributed by atoms with Crippen LogP contribution < -0.4 is 4.74 Å². The predicted octanol–water partition coefficient (Wildman–Crippen LogP) is 2.41. The minimum atomic E-state index is -4.58. The third kappa shape index (κ3) is 3.57. The fraction of sp³-hybridized carbons (Fsp3) is 0.0769. The number of aromatic nitrogens is 2. The molecule has 0 radical (unpaired) electrons. The summed E-state index contributed by atoms with van der Waals surface area (Å²) in [6, 6.07) is 4.73. The molecular weight excluding hydrogens is 305 g/mol. The molecule has 114 valence electrons. The third-order valence-corrected chi connectivity index (χ3v) is 2.43. The number of nitrogens with zero attached hydrogens (tertiary/aromatic N) is 2. The number of hydrogen-bond donors (Lipinski definition) is 1. The maximum absolute atomic E-state index is 12.5. The minimum absolute atomic E-state index is 0.357. The standard InChI is InChI=1S/C13H7F3N2O4/c14-13(15,16)7-2-1-3-8(6-7)22-12(21)10-17-5-4-9(18-10)11(19)20/h1-6H,(H,19,20). The van der Waals surface area contributed by atoms with Crippen LogP contribution in [0.3, 0.4) is 0 Å². The molecule has 9 heteroatoms. The number of carboxylic acid groups (broad SMARTS) is 1. The number of esters is 1. The van der Waals surface area contributed by atoms with E-state index >= 15 is 0 Å². The van der Waals surface area contributed by atoms with E-state index in [0.29, 0.717) is 6.07 Å². The Morgan fingerprint density at radius 1 is 1.18 bits per heavy atom. The summed E-state index contributed by atoms with van der Waals surface area (Å²) in [5, 5.41) is 8.74. The van der Waals surface area contributed by atoms with Gasteiger partial charge >= 0.3 is 18.1 Å². The molecule has 0 atom stereocenters. The zero-order chi connectivity index (χ0) is 16.3. The van der Waals surface area contributed by atoms with E-state index < -0.39 is 35.2 Å². The van der Waals surface area contributed by atoms with Crippen LogP contribution in [0.1, 0.15) is 26.7 Å². The van der Waals surface area contributed by atoms with Gasteiger partial charge in [0.25, 0.3) is 0 Å². The van der Waals surface area contributed by atoms with Crippen LogP contribution in [0.2, 0.25) is 0 Å². The first-order valence-corrected chi connectivity index (χ1v) is 5.73. The van der Waals surface area contributed by atoms with Crippen LogP contribution in [-0.4, -0.2) is 27.0 Å². The van der Waals surface area contributed by atoms with E-state index in [0.717, 1.165) is 30.5 Å². The molecule has 0 saturated heterocycles. The summed E-state index contributed by atoms with van der Waals surface area (Å²) in [6.07, 6.45) is -3.55. The van der Waals surface area contributed by atoms with Crippen molar-refractivity contribution in [3.8, 4) is 5.75 Å². The Hall–Kier alpha value is -2.97. The number of carbonyl (C=O) groups excluding carboxylic acids is 1. The quantitative estimate of drug-likeness (QED) is 0.691. The smallest absolute Gasteiger partial charge is 0.416 e. The molecule has 0 bridgehead atoms. The Morgan fingerprint density at radius 3 is 2.55 bits per heavy atom. The molecule has 2 aromatic rings. The highest BCUT2D eigenvalue weighted by molar-refractivity contribution is 5.90. The molecule has 0 aliphatic rings. The van der Waals surface area contributed by atoms with E-state index in [1.807, 2.05) is 0 Å². The van der Waals surface area contributed by atoms with Gasteiger partial charge in [-0.25, -0.2) is 19.6 Å². The summed E-state index contributed by atoms with van der Waals surface area (Å²) in [4.78, 5) is 29.4. The number of halogens is 3. The van der Waals surface area contributed by atoms with E-state index in [1.54, 1.807) is 0 Å². The van der Waals surface area contributed by atoms with Crippen LogP contribution >= 0.6 is 0 Å². The normalized spacial score (nSPS) is 11.0. The number of ether oxygens (including phenoxy) is 1. The van der Waals surface area contributed by atoms with Gasteiger partial charge in [0.2, 0.25) is 5.82 Å². The van der Waals surface area contributed by atoms with E-state index in [2.05, 4.69) is 9.97 Å². The van der Waals surface area contributed by atoms with Gasteiger partial charge in [-0.2, -0.15) is 13.2 Å². The second-order valence-corrected chi connectivity index (χ2v) is 3.99. The Bertz CT molecular complexity index is 731. The van der Waals surface area contributed by atoms with Gasteiger partial charge < -0.3 is 9.84 Å².